The van der Waals surface area contributed by atoms with E-state index in [-0.39, 0.29) is 35.0 Å². The van der Waals surface area contributed by atoms with Crippen LogP contribution in [0, 0.1) is 20.8 Å². The minimum absolute atomic E-state index is 0.0874. The summed E-state index contributed by atoms with van der Waals surface area (Å²) in [7, 11) is 0. The standard InChI is InChI=1S/C59H56N4O/c1-38-39(2)55(41-20-12-10-13-21-41)57(56(40(38)3)42-22-14-11-15-23-42)62-37-61(51-26-18-19-27-52(51)62)45-32-44(59(7,8)9)33-47(35-45)64-46-28-29-49-48-24-16-17-25-50(48)63(53(49)36-46)54-34-43(30-31-60-54)58(4,5)6/h10-36H,37H2,1-9H3/i16D,17D,24D,25D. The van der Waals surface area contributed by atoms with Gasteiger partial charge in [0, 0.05) is 45.9 Å². The van der Waals surface area contributed by atoms with E-state index < -0.39 is 0 Å². The van der Waals surface area contributed by atoms with Crippen molar-refractivity contribution < 1.29 is 10.2 Å². The van der Waals surface area contributed by atoms with Crippen molar-refractivity contribution in [3.63, 3.8) is 0 Å². The third-order valence-corrected chi connectivity index (χ3v) is 13.0. The molecule has 0 N–H and O–H groups in total. The van der Waals surface area contributed by atoms with E-state index in [9.17, 15) is 0 Å². The molecule has 0 aliphatic carbocycles. The van der Waals surface area contributed by atoms with Gasteiger partial charge in [-0.2, -0.15) is 0 Å². The average molecular weight is 841 g/mol. The van der Waals surface area contributed by atoms with E-state index in [1.165, 1.54) is 44.6 Å². The van der Waals surface area contributed by atoms with E-state index in [4.69, 9.17) is 15.2 Å². The molecule has 5 heteroatoms. The molecule has 0 fully saturated rings. The molecule has 1 aliphatic rings. The van der Waals surface area contributed by atoms with Gasteiger partial charge in [-0.15, -0.1) is 0 Å². The molecule has 10 rings (SSSR count). The second-order valence-electron chi connectivity index (χ2n) is 19.2. The number of ether oxygens (including phenoxy) is 1. The predicted molar refractivity (Wildman–Crippen MR) is 270 cm³/mol. The molecule has 64 heavy (non-hydrogen) atoms. The lowest BCUT2D eigenvalue weighted by atomic mass is 9.85. The zero-order valence-electron chi connectivity index (χ0n) is 42.2. The summed E-state index contributed by atoms with van der Waals surface area (Å²) in [6.45, 7) is 20.4. The topological polar surface area (TPSA) is 33.5 Å². The van der Waals surface area contributed by atoms with Crippen molar-refractivity contribution in [2.45, 2.75) is 73.1 Å². The number of rotatable bonds is 7. The summed E-state index contributed by atoms with van der Waals surface area (Å²) in [4.78, 5) is 9.67. The van der Waals surface area contributed by atoms with Crippen molar-refractivity contribution in [2.24, 2.45) is 0 Å². The predicted octanol–water partition coefficient (Wildman–Crippen LogP) is 16.1. The van der Waals surface area contributed by atoms with Crippen LogP contribution in [0.25, 0.3) is 49.9 Å². The van der Waals surface area contributed by atoms with Crippen molar-refractivity contribution in [3.05, 3.63) is 192 Å². The number of anilines is 4. The van der Waals surface area contributed by atoms with Gasteiger partial charge in [0.25, 0.3) is 0 Å². The number of aromatic nitrogens is 2. The fraction of sp³-hybridized carbons (Fsp3) is 0.203. The summed E-state index contributed by atoms with van der Waals surface area (Å²) in [6, 6.07) is 45.7. The lowest BCUT2D eigenvalue weighted by molar-refractivity contribution is 0.479. The van der Waals surface area contributed by atoms with Gasteiger partial charge in [0.15, 0.2) is 0 Å². The van der Waals surface area contributed by atoms with Crippen LogP contribution in [0.15, 0.2) is 164 Å². The number of para-hydroxylation sites is 3. The Bertz CT molecular complexity index is 3390. The third kappa shape index (κ3) is 7.10. The summed E-state index contributed by atoms with van der Waals surface area (Å²) < 4.78 is 44.3. The van der Waals surface area contributed by atoms with Crippen molar-refractivity contribution >= 4 is 44.6 Å². The van der Waals surface area contributed by atoms with Crippen molar-refractivity contribution in [1.82, 2.24) is 9.55 Å². The summed E-state index contributed by atoms with van der Waals surface area (Å²) in [5, 5.41) is 1.13. The SMILES string of the molecule is [2H]c1c([2H])c([2H])c2c(c1[2H])c1ccc(Oc3cc(N4CN(c5c(-c6ccccc6)c(C)c(C)c(C)c5-c5ccccc5)c5ccccc54)cc(C(C)(C)C)c3)cc1n2-c1cc(C(C)(C)C)ccn1. The molecule has 9 aromatic rings. The Morgan fingerprint density at radius 2 is 1.16 bits per heavy atom. The highest BCUT2D eigenvalue weighted by molar-refractivity contribution is 6.09. The van der Waals surface area contributed by atoms with Crippen LogP contribution in [-0.2, 0) is 10.8 Å². The van der Waals surface area contributed by atoms with Crippen LogP contribution < -0.4 is 14.5 Å². The molecule has 0 bridgehead atoms. The molecule has 0 atom stereocenters. The maximum atomic E-state index is 9.13. The Hall–Kier alpha value is -7.11. The van der Waals surface area contributed by atoms with Gasteiger partial charge in [0.2, 0.25) is 0 Å². The molecule has 5 nitrogen and oxygen atoms in total. The summed E-state index contributed by atoms with van der Waals surface area (Å²) in [5.41, 5.74) is 15.8. The second-order valence-corrected chi connectivity index (χ2v) is 19.2. The molecule has 0 unspecified atom stereocenters. The lowest BCUT2D eigenvalue weighted by Gasteiger charge is -2.31. The Labute approximate surface area is 383 Å². The van der Waals surface area contributed by atoms with Crippen LogP contribution in [0.1, 0.15) is 74.8 Å². The molecule has 0 spiro atoms. The monoisotopic (exact) mass is 840 g/mol. The van der Waals surface area contributed by atoms with E-state index in [0.29, 0.717) is 45.8 Å². The number of benzene rings is 7. The maximum absolute atomic E-state index is 9.13. The molecule has 0 saturated heterocycles. The van der Waals surface area contributed by atoms with Crippen LogP contribution in [0.5, 0.6) is 11.5 Å². The first-order valence-corrected chi connectivity index (χ1v) is 22.2. The molecular weight excluding hydrogens is 781 g/mol. The van der Waals surface area contributed by atoms with E-state index in [0.717, 1.165) is 28.2 Å². The molecule has 7 aromatic carbocycles. The van der Waals surface area contributed by atoms with Gasteiger partial charge in [-0.25, -0.2) is 4.98 Å². The van der Waals surface area contributed by atoms with Crippen molar-refractivity contribution in [1.29, 1.82) is 0 Å². The van der Waals surface area contributed by atoms with Crippen molar-refractivity contribution in [2.75, 3.05) is 16.5 Å². The average Bonchev–Trinajstić information content (AvgIpc) is 3.88. The van der Waals surface area contributed by atoms with Crippen molar-refractivity contribution in [3.8, 4) is 39.6 Å². The first-order chi connectivity index (χ1) is 32.4. The van der Waals surface area contributed by atoms with Gasteiger partial charge in [0.1, 0.15) is 24.0 Å². The minimum atomic E-state index is -0.288. The Balaban J connectivity index is 1.13. The lowest BCUT2D eigenvalue weighted by Crippen LogP contribution is -2.26. The minimum Gasteiger partial charge on any atom is -0.457 e. The molecule has 0 radical (unpaired) electrons. The zero-order chi connectivity index (χ0) is 48.0. The molecule has 2 aromatic heterocycles. The third-order valence-electron chi connectivity index (χ3n) is 13.0. The van der Waals surface area contributed by atoms with E-state index in [2.05, 4.69) is 175 Å². The van der Waals surface area contributed by atoms with Gasteiger partial charge in [-0.1, -0.05) is 132 Å². The number of nitrogens with zero attached hydrogens (tertiary/aromatic N) is 4. The normalized spacial score (nSPS) is 13.8. The van der Waals surface area contributed by atoms with Gasteiger partial charge < -0.3 is 14.5 Å². The second kappa shape index (κ2) is 15.6. The summed E-state index contributed by atoms with van der Waals surface area (Å²) in [5.74, 6) is 1.80. The van der Waals surface area contributed by atoms with Crippen LogP contribution >= 0.6 is 0 Å². The summed E-state index contributed by atoms with van der Waals surface area (Å²) >= 11 is 0. The first kappa shape index (κ1) is 36.4. The van der Waals surface area contributed by atoms with Crippen LogP contribution in [0.3, 0.4) is 0 Å². The highest BCUT2D eigenvalue weighted by Gasteiger charge is 2.34. The maximum Gasteiger partial charge on any atom is 0.137 e. The number of pyridine rings is 1. The molecule has 0 amide bonds. The fourth-order valence-electron chi connectivity index (χ4n) is 9.32. The molecule has 1 aliphatic heterocycles. The molecule has 3 heterocycles. The molecular formula is C59H56N4O. The molecule has 0 saturated carbocycles. The largest absolute Gasteiger partial charge is 0.457 e. The Kier molecular flexibility index (Phi) is 8.87. The van der Waals surface area contributed by atoms with Gasteiger partial charge >= 0.3 is 0 Å². The number of hydrogen-bond acceptors (Lipinski definition) is 4. The zero-order valence-corrected chi connectivity index (χ0v) is 38.2. The van der Waals surface area contributed by atoms with Crippen LogP contribution in [-0.4, -0.2) is 16.2 Å². The van der Waals surface area contributed by atoms with E-state index >= 15 is 0 Å². The molecule has 318 valence electrons. The highest BCUT2D eigenvalue weighted by atomic mass is 16.5. The quantitative estimate of drug-likeness (QED) is 0.160. The smallest absolute Gasteiger partial charge is 0.137 e. The Morgan fingerprint density at radius 1 is 0.547 bits per heavy atom. The van der Waals surface area contributed by atoms with Crippen LogP contribution in [0.4, 0.5) is 22.7 Å². The van der Waals surface area contributed by atoms with Gasteiger partial charge in [-0.05, 0) is 125 Å². The first-order valence-electron chi connectivity index (χ1n) is 24.2. The highest BCUT2D eigenvalue weighted by Crippen LogP contribution is 2.53. The Morgan fingerprint density at radius 3 is 1.80 bits per heavy atom. The van der Waals surface area contributed by atoms with Gasteiger partial charge in [-0.3, -0.25) is 4.57 Å². The number of fused-ring (bicyclic) bond motifs is 4. The summed E-state index contributed by atoms with van der Waals surface area (Å²) in [6.07, 6.45) is 1.77. The fourth-order valence-corrected chi connectivity index (χ4v) is 9.32. The van der Waals surface area contributed by atoms with Gasteiger partial charge in [0.05, 0.1) is 33.6 Å². The van der Waals surface area contributed by atoms with E-state index in [1.807, 2.05) is 34.9 Å². The van der Waals surface area contributed by atoms with Crippen LogP contribution in [0.2, 0.25) is 0 Å². The number of hydrogen-bond donors (Lipinski definition) is 0. The van der Waals surface area contributed by atoms with E-state index in [1.54, 1.807) is 6.20 Å².